The SMILES string of the molecule is COc1ccc(Sc2nc(C)cc(C)n2)c(N)c1. The van der Waals surface area contributed by atoms with E-state index < -0.39 is 0 Å². The Hall–Kier alpha value is -1.75. The molecule has 0 unspecified atom stereocenters. The number of benzene rings is 1. The number of ether oxygens (including phenoxy) is 1. The number of rotatable bonds is 3. The third-order valence-electron chi connectivity index (χ3n) is 2.38. The lowest BCUT2D eigenvalue weighted by molar-refractivity contribution is 0.415. The van der Waals surface area contributed by atoms with Crippen LogP contribution in [-0.2, 0) is 0 Å². The van der Waals surface area contributed by atoms with Gasteiger partial charge in [-0.1, -0.05) is 0 Å². The molecule has 0 bridgehead atoms. The summed E-state index contributed by atoms with van der Waals surface area (Å²) in [4.78, 5) is 9.69. The maximum atomic E-state index is 5.96. The first-order valence-corrected chi connectivity index (χ1v) is 6.34. The maximum absolute atomic E-state index is 5.96. The van der Waals surface area contributed by atoms with Gasteiger partial charge in [0.05, 0.1) is 7.11 Å². The molecule has 2 rings (SSSR count). The minimum Gasteiger partial charge on any atom is -0.497 e. The molecule has 18 heavy (non-hydrogen) atoms. The van der Waals surface area contributed by atoms with Crippen molar-refractivity contribution in [1.29, 1.82) is 0 Å². The molecule has 1 heterocycles. The van der Waals surface area contributed by atoms with E-state index >= 15 is 0 Å². The largest absolute Gasteiger partial charge is 0.497 e. The van der Waals surface area contributed by atoms with Gasteiger partial charge in [-0.3, -0.25) is 0 Å². The molecule has 0 aliphatic carbocycles. The average molecular weight is 261 g/mol. The van der Waals surface area contributed by atoms with Crippen molar-refractivity contribution in [2.24, 2.45) is 0 Å². The van der Waals surface area contributed by atoms with Crippen LogP contribution in [0.25, 0.3) is 0 Å². The van der Waals surface area contributed by atoms with Gasteiger partial charge in [0.25, 0.3) is 0 Å². The van der Waals surface area contributed by atoms with Gasteiger partial charge in [0.15, 0.2) is 5.16 Å². The second-order valence-corrected chi connectivity index (χ2v) is 4.95. The molecule has 0 spiro atoms. The van der Waals surface area contributed by atoms with Gasteiger partial charge in [-0.05, 0) is 43.8 Å². The zero-order chi connectivity index (χ0) is 13.1. The standard InChI is InChI=1S/C13H15N3OS/c1-8-6-9(2)16-13(15-8)18-12-5-4-10(17-3)7-11(12)14/h4-7H,14H2,1-3H3. The molecule has 0 atom stereocenters. The molecule has 1 aromatic carbocycles. The summed E-state index contributed by atoms with van der Waals surface area (Å²) in [7, 11) is 1.62. The number of nitrogens with two attached hydrogens (primary N) is 1. The summed E-state index contributed by atoms with van der Waals surface area (Å²) in [6.07, 6.45) is 0. The Labute approximate surface area is 111 Å². The minimum atomic E-state index is 0.669. The second-order valence-electron chi connectivity index (χ2n) is 3.94. The number of nitrogen functional groups attached to an aromatic ring is 1. The fraction of sp³-hybridized carbons (Fsp3) is 0.231. The predicted molar refractivity (Wildman–Crippen MR) is 73.0 cm³/mol. The Bertz CT molecular complexity index is 552. The molecule has 94 valence electrons. The highest BCUT2D eigenvalue weighted by molar-refractivity contribution is 7.99. The first-order chi connectivity index (χ1) is 8.58. The molecule has 4 nitrogen and oxygen atoms in total. The molecule has 0 saturated heterocycles. The van der Waals surface area contributed by atoms with Gasteiger partial charge in [-0.2, -0.15) is 0 Å². The zero-order valence-electron chi connectivity index (χ0n) is 10.6. The molecule has 0 saturated carbocycles. The third-order valence-corrected chi connectivity index (χ3v) is 3.34. The smallest absolute Gasteiger partial charge is 0.192 e. The van der Waals surface area contributed by atoms with Gasteiger partial charge in [0.1, 0.15) is 5.75 Å². The number of nitrogens with zero attached hydrogens (tertiary/aromatic N) is 2. The predicted octanol–water partition coefficient (Wildman–Crippen LogP) is 2.84. The van der Waals surface area contributed by atoms with E-state index in [9.17, 15) is 0 Å². The van der Waals surface area contributed by atoms with Gasteiger partial charge in [0, 0.05) is 28.0 Å². The van der Waals surface area contributed by atoms with E-state index in [1.807, 2.05) is 32.0 Å². The number of aromatic nitrogens is 2. The van der Waals surface area contributed by atoms with Gasteiger partial charge in [-0.25, -0.2) is 9.97 Å². The fourth-order valence-electron chi connectivity index (χ4n) is 1.58. The summed E-state index contributed by atoms with van der Waals surface area (Å²) in [5.41, 5.74) is 8.54. The summed E-state index contributed by atoms with van der Waals surface area (Å²) in [6, 6.07) is 7.54. The lowest BCUT2D eigenvalue weighted by Gasteiger charge is -2.07. The maximum Gasteiger partial charge on any atom is 0.192 e. The van der Waals surface area contributed by atoms with Crippen molar-refractivity contribution in [3.05, 3.63) is 35.7 Å². The van der Waals surface area contributed by atoms with Crippen molar-refractivity contribution in [2.45, 2.75) is 23.9 Å². The van der Waals surface area contributed by atoms with Gasteiger partial charge in [-0.15, -0.1) is 0 Å². The Morgan fingerprint density at radius 3 is 2.33 bits per heavy atom. The highest BCUT2D eigenvalue weighted by Gasteiger charge is 2.06. The van der Waals surface area contributed by atoms with Crippen LogP contribution in [0.15, 0.2) is 34.3 Å². The molecule has 0 radical (unpaired) electrons. The van der Waals surface area contributed by atoms with Gasteiger partial charge in [0.2, 0.25) is 0 Å². The van der Waals surface area contributed by atoms with Crippen LogP contribution in [0.5, 0.6) is 5.75 Å². The van der Waals surface area contributed by atoms with Gasteiger partial charge < -0.3 is 10.5 Å². The van der Waals surface area contributed by atoms with Crippen LogP contribution in [0.4, 0.5) is 5.69 Å². The van der Waals surface area contributed by atoms with Crippen LogP contribution in [0.2, 0.25) is 0 Å². The van der Waals surface area contributed by atoms with Crippen LogP contribution in [0.3, 0.4) is 0 Å². The summed E-state index contributed by atoms with van der Waals surface area (Å²) in [5.74, 6) is 0.748. The highest BCUT2D eigenvalue weighted by atomic mass is 32.2. The van der Waals surface area contributed by atoms with Crippen LogP contribution >= 0.6 is 11.8 Å². The lowest BCUT2D eigenvalue weighted by Crippen LogP contribution is -1.95. The Morgan fingerprint density at radius 1 is 1.11 bits per heavy atom. The van der Waals surface area contributed by atoms with Crippen molar-refractivity contribution in [3.8, 4) is 5.75 Å². The van der Waals surface area contributed by atoms with Crippen molar-refractivity contribution < 1.29 is 4.74 Å². The molecule has 2 aromatic rings. The van der Waals surface area contributed by atoms with Crippen molar-refractivity contribution in [2.75, 3.05) is 12.8 Å². The summed E-state index contributed by atoms with van der Waals surface area (Å²) < 4.78 is 5.12. The summed E-state index contributed by atoms with van der Waals surface area (Å²) >= 11 is 1.46. The third kappa shape index (κ3) is 2.92. The van der Waals surface area contributed by atoms with E-state index in [4.69, 9.17) is 10.5 Å². The molecule has 1 aromatic heterocycles. The lowest BCUT2D eigenvalue weighted by atomic mass is 10.3. The number of aryl methyl sites for hydroxylation is 2. The number of hydrogen-bond acceptors (Lipinski definition) is 5. The van der Waals surface area contributed by atoms with Crippen molar-refractivity contribution in [3.63, 3.8) is 0 Å². The van der Waals surface area contributed by atoms with E-state index in [0.717, 1.165) is 22.0 Å². The van der Waals surface area contributed by atoms with E-state index in [1.165, 1.54) is 11.8 Å². The van der Waals surface area contributed by atoms with Crippen LogP contribution in [0.1, 0.15) is 11.4 Å². The molecule has 0 aliphatic rings. The first-order valence-electron chi connectivity index (χ1n) is 5.52. The monoisotopic (exact) mass is 261 g/mol. The zero-order valence-corrected chi connectivity index (χ0v) is 11.4. The normalized spacial score (nSPS) is 10.4. The number of anilines is 1. The molecule has 0 fully saturated rings. The molecule has 0 aliphatic heterocycles. The number of methoxy groups -OCH3 is 1. The van der Waals surface area contributed by atoms with Crippen LogP contribution in [-0.4, -0.2) is 17.1 Å². The second kappa shape index (κ2) is 5.27. The highest BCUT2D eigenvalue weighted by Crippen LogP contribution is 2.32. The molecule has 5 heteroatoms. The molecular weight excluding hydrogens is 246 g/mol. The van der Waals surface area contributed by atoms with Crippen molar-refractivity contribution >= 4 is 17.4 Å². The summed E-state index contributed by atoms with van der Waals surface area (Å²) in [5, 5.41) is 0.712. The van der Waals surface area contributed by atoms with Crippen LogP contribution < -0.4 is 10.5 Å². The van der Waals surface area contributed by atoms with Gasteiger partial charge >= 0.3 is 0 Å². The Balaban J connectivity index is 2.28. The fourth-order valence-corrected chi connectivity index (χ4v) is 2.47. The number of hydrogen-bond donors (Lipinski definition) is 1. The molecule has 2 N–H and O–H groups in total. The average Bonchev–Trinajstić information content (AvgIpc) is 2.30. The van der Waals surface area contributed by atoms with E-state index in [0.29, 0.717) is 10.8 Å². The van der Waals surface area contributed by atoms with E-state index in [2.05, 4.69) is 9.97 Å². The van der Waals surface area contributed by atoms with E-state index in [1.54, 1.807) is 13.2 Å². The summed E-state index contributed by atoms with van der Waals surface area (Å²) in [6.45, 7) is 3.91. The van der Waals surface area contributed by atoms with E-state index in [-0.39, 0.29) is 0 Å². The Morgan fingerprint density at radius 2 is 1.78 bits per heavy atom. The first kappa shape index (κ1) is 12.7. The molecule has 0 amide bonds. The topological polar surface area (TPSA) is 61.0 Å². The Kier molecular flexibility index (Phi) is 3.72. The quantitative estimate of drug-likeness (QED) is 0.680. The minimum absolute atomic E-state index is 0.669. The van der Waals surface area contributed by atoms with Crippen molar-refractivity contribution in [1.82, 2.24) is 9.97 Å². The molecular formula is C13H15N3OS. The van der Waals surface area contributed by atoms with Crippen LogP contribution in [0, 0.1) is 13.8 Å².